The molecule has 1 fully saturated rings. The zero-order valence-corrected chi connectivity index (χ0v) is 9.64. The average molecular weight is 276 g/mol. The van der Waals surface area contributed by atoms with E-state index in [2.05, 4.69) is 9.50 Å². The fraction of sp³-hybridized carbons (Fsp3) is 0.857. The second-order valence-electron chi connectivity index (χ2n) is 3.56. The number of amides is 1. The van der Waals surface area contributed by atoms with Crippen LogP contribution < -0.4 is 5.32 Å². The Bertz CT molecular complexity index is 400. The highest BCUT2D eigenvalue weighted by Gasteiger charge is 2.49. The van der Waals surface area contributed by atoms with Gasteiger partial charge < -0.3 is 10.2 Å². The van der Waals surface area contributed by atoms with Crippen LogP contribution in [0.25, 0.3) is 0 Å². The zero-order valence-electron chi connectivity index (χ0n) is 8.82. The van der Waals surface area contributed by atoms with Crippen LogP contribution in [-0.2, 0) is 19.5 Å². The second-order valence-corrected chi connectivity index (χ2v) is 4.53. The Hall–Kier alpha value is -0.870. The molecule has 0 spiro atoms. The lowest BCUT2D eigenvalue weighted by Gasteiger charge is -2.21. The Labute approximate surface area is 96.1 Å². The molecule has 0 aliphatic carbocycles. The fourth-order valence-corrected chi connectivity index (χ4v) is 1.94. The predicted octanol–water partition coefficient (Wildman–Crippen LogP) is -0.370. The number of nitrogens with one attached hydrogen (secondary N) is 1. The largest absolute Gasteiger partial charge is 0.439 e. The molecule has 6 nitrogen and oxygen atoms in total. The first-order valence-electron chi connectivity index (χ1n) is 4.59. The summed E-state index contributed by atoms with van der Waals surface area (Å²) >= 11 is 0. The Kier molecular flexibility index (Phi) is 3.99. The SMILES string of the molecule is CNCC(=O)N1CC(F)(F)CC1OS(=O)(=O)F. The Morgan fingerprint density at radius 3 is 2.65 bits per heavy atom. The van der Waals surface area contributed by atoms with Gasteiger partial charge in [0.25, 0.3) is 5.92 Å². The number of carbonyl (C=O) groups is 1. The standard InChI is InChI=1S/C7H11F3N2O4S/c1-11-3-5(13)12-4-7(8,9)2-6(12)16-17(10,14)15/h6,11H,2-4H2,1H3. The normalized spacial score (nSPS) is 24.0. The smallest absolute Gasteiger partial charge is 0.311 e. The van der Waals surface area contributed by atoms with E-state index >= 15 is 0 Å². The van der Waals surface area contributed by atoms with Crippen molar-refractivity contribution < 1.29 is 30.1 Å². The minimum Gasteiger partial charge on any atom is -0.311 e. The molecule has 1 rings (SSSR count). The fourth-order valence-electron chi connectivity index (χ4n) is 1.50. The Morgan fingerprint density at radius 2 is 2.18 bits per heavy atom. The van der Waals surface area contributed by atoms with Gasteiger partial charge in [-0.15, -0.1) is 0 Å². The van der Waals surface area contributed by atoms with Gasteiger partial charge in [-0.25, -0.2) is 13.0 Å². The number of halogens is 3. The number of rotatable bonds is 4. The summed E-state index contributed by atoms with van der Waals surface area (Å²) in [5.74, 6) is -4.09. The summed E-state index contributed by atoms with van der Waals surface area (Å²) in [4.78, 5) is 11.9. The topological polar surface area (TPSA) is 75.7 Å². The number of hydrogen-bond donors (Lipinski definition) is 1. The Morgan fingerprint density at radius 1 is 1.59 bits per heavy atom. The first kappa shape index (κ1) is 14.2. The van der Waals surface area contributed by atoms with Crippen LogP contribution in [0.3, 0.4) is 0 Å². The van der Waals surface area contributed by atoms with E-state index < -0.39 is 41.5 Å². The van der Waals surface area contributed by atoms with E-state index in [1.165, 1.54) is 7.05 Å². The molecular formula is C7H11F3N2O4S. The summed E-state index contributed by atoms with van der Waals surface area (Å²) in [6.45, 7) is -1.27. The number of likely N-dealkylation sites (N-methyl/N-ethyl adjacent to an activating group) is 1. The number of carbonyl (C=O) groups excluding carboxylic acids is 1. The monoisotopic (exact) mass is 276 g/mol. The molecule has 1 atom stereocenters. The molecule has 0 saturated carbocycles. The summed E-state index contributed by atoms with van der Waals surface area (Å²) in [6.07, 6.45) is -2.85. The summed E-state index contributed by atoms with van der Waals surface area (Å²) in [5, 5.41) is 2.42. The van der Waals surface area contributed by atoms with Gasteiger partial charge in [0.1, 0.15) is 0 Å². The van der Waals surface area contributed by atoms with Crippen molar-refractivity contribution >= 4 is 16.4 Å². The van der Waals surface area contributed by atoms with Gasteiger partial charge in [0.2, 0.25) is 5.91 Å². The van der Waals surface area contributed by atoms with Crippen molar-refractivity contribution in [2.75, 3.05) is 20.1 Å². The highest BCUT2D eigenvalue weighted by atomic mass is 32.3. The van der Waals surface area contributed by atoms with Crippen LogP contribution in [0, 0.1) is 0 Å². The van der Waals surface area contributed by atoms with Crippen LogP contribution in [0.5, 0.6) is 0 Å². The second kappa shape index (κ2) is 4.78. The summed E-state index contributed by atoms with van der Waals surface area (Å²) in [7, 11) is -3.98. The molecule has 10 heteroatoms. The third-order valence-corrected chi connectivity index (χ3v) is 2.55. The van der Waals surface area contributed by atoms with Crippen LogP contribution in [0.1, 0.15) is 6.42 Å². The lowest BCUT2D eigenvalue weighted by molar-refractivity contribution is -0.136. The van der Waals surface area contributed by atoms with Crippen molar-refractivity contribution in [1.29, 1.82) is 0 Å². The van der Waals surface area contributed by atoms with E-state index in [9.17, 15) is 25.9 Å². The minimum atomic E-state index is -5.39. The van der Waals surface area contributed by atoms with E-state index in [-0.39, 0.29) is 6.54 Å². The van der Waals surface area contributed by atoms with E-state index in [1.54, 1.807) is 0 Å². The van der Waals surface area contributed by atoms with Crippen LogP contribution in [-0.4, -0.2) is 51.5 Å². The predicted molar refractivity (Wildman–Crippen MR) is 50.1 cm³/mol. The van der Waals surface area contributed by atoms with Crippen molar-refractivity contribution in [2.24, 2.45) is 0 Å². The van der Waals surface area contributed by atoms with Gasteiger partial charge in [-0.1, -0.05) is 3.89 Å². The lowest BCUT2D eigenvalue weighted by atomic mass is 10.3. The van der Waals surface area contributed by atoms with Gasteiger partial charge in [-0.2, -0.15) is 8.42 Å². The van der Waals surface area contributed by atoms with Gasteiger partial charge >= 0.3 is 10.5 Å². The summed E-state index contributed by atoms with van der Waals surface area (Å²) in [6, 6.07) is 0. The first-order chi connectivity index (χ1) is 7.64. The molecule has 0 aromatic carbocycles. The molecule has 0 aromatic heterocycles. The van der Waals surface area contributed by atoms with Gasteiger partial charge in [-0.05, 0) is 7.05 Å². The quantitative estimate of drug-likeness (QED) is 0.709. The van der Waals surface area contributed by atoms with Gasteiger partial charge in [0, 0.05) is 0 Å². The molecule has 0 aromatic rings. The van der Waals surface area contributed by atoms with Crippen molar-refractivity contribution in [2.45, 2.75) is 18.6 Å². The maximum absolute atomic E-state index is 13.0. The molecule has 1 aliphatic heterocycles. The molecule has 1 aliphatic rings. The molecule has 0 radical (unpaired) electrons. The highest BCUT2D eigenvalue weighted by Crippen LogP contribution is 2.33. The molecule has 1 amide bonds. The van der Waals surface area contributed by atoms with E-state index in [1.807, 2.05) is 0 Å². The van der Waals surface area contributed by atoms with Crippen LogP contribution in [0.15, 0.2) is 0 Å². The Balaban J connectivity index is 2.81. The summed E-state index contributed by atoms with van der Waals surface area (Å²) in [5.41, 5.74) is 0. The third-order valence-electron chi connectivity index (χ3n) is 2.10. The van der Waals surface area contributed by atoms with Crippen molar-refractivity contribution in [3.63, 3.8) is 0 Å². The molecule has 100 valence electrons. The van der Waals surface area contributed by atoms with E-state index in [4.69, 9.17) is 0 Å². The third kappa shape index (κ3) is 4.13. The highest BCUT2D eigenvalue weighted by molar-refractivity contribution is 7.81. The minimum absolute atomic E-state index is 0.276. The molecule has 1 heterocycles. The number of nitrogens with zero attached hydrogens (tertiary/aromatic N) is 1. The average Bonchev–Trinajstić information content (AvgIpc) is 2.38. The zero-order chi connectivity index (χ0) is 13.3. The van der Waals surface area contributed by atoms with Gasteiger partial charge in [-0.3, -0.25) is 4.79 Å². The lowest BCUT2D eigenvalue weighted by Crippen LogP contribution is -2.42. The van der Waals surface area contributed by atoms with Crippen LogP contribution >= 0.6 is 0 Å². The summed E-state index contributed by atoms with van der Waals surface area (Å²) < 4.78 is 62.6. The molecule has 0 bridgehead atoms. The molecule has 17 heavy (non-hydrogen) atoms. The van der Waals surface area contributed by atoms with E-state index in [0.29, 0.717) is 4.90 Å². The van der Waals surface area contributed by atoms with Crippen LogP contribution in [0.2, 0.25) is 0 Å². The van der Waals surface area contributed by atoms with Crippen LogP contribution in [0.4, 0.5) is 12.7 Å². The number of likely N-dealkylation sites (tertiary alicyclic amines) is 1. The first-order valence-corrected chi connectivity index (χ1v) is 5.90. The number of hydrogen-bond acceptors (Lipinski definition) is 5. The maximum atomic E-state index is 13.0. The molecular weight excluding hydrogens is 265 g/mol. The molecule has 1 unspecified atom stereocenters. The van der Waals surface area contributed by atoms with Crippen molar-refractivity contribution in [3.8, 4) is 0 Å². The molecule has 1 N–H and O–H groups in total. The van der Waals surface area contributed by atoms with E-state index in [0.717, 1.165) is 0 Å². The van der Waals surface area contributed by atoms with Gasteiger partial charge in [0.15, 0.2) is 6.23 Å². The van der Waals surface area contributed by atoms with Crippen molar-refractivity contribution in [1.82, 2.24) is 10.2 Å². The number of alkyl halides is 2. The maximum Gasteiger partial charge on any atom is 0.439 e. The molecule has 1 saturated heterocycles. The van der Waals surface area contributed by atoms with Crippen molar-refractivity contribution in [3.05, 3.63) is 0 Å². The van der Waals surface area contributed by atoms with Gasteiger partial charge in [0.05, 0.1) is 19.5 Å².